The lowest BCUT2D eigenvalue weighted by Crippen LogP contribution is -2.40. The Bertz CT molecular complexity index is 1170. The number of halogens is 3. The highest BCUT2D eigenvalue weighted by Gasteiger charge is 2.30. The predicted molar refractivity (Wildman–Crippen MR) is 108 cm³/mol. The minimum absolute atomic E-state index is 0.106. The number of hydrogen-bond acceptors (Lipinski definition) is 7. The first kappa shape index (κ1) is 22.2. The molecule has 1 N–H and O–H groups in total. The van der Waals surface area contributed by atoms with Crippen LogP contribution >= 0.6 is 0 Å². The predicted octanol–water partition coefficient (Wildman–Crippen LogP) is 3.39. The van der Waals surface area contributed by atoms with Crippen molar-refractivity contribution in [1.82, 2.24) is 14.4 Å². The fraction of sp³-hybridized carbons (Fsp3) is 0.300. The molecule has 8 nitrogen and oxygen atoms in total. The summed E-state index contributed by atoms with van der Waals surface area (Å²) in [6, 6.07) is 10.8. The van der Waals surface area contributed by atoms with Crippen molar-refractivity contribution in [2.24, 2.45) is 0 Å². The minimum atomic E-state index is -4.42. The molecule has 1 aromatic heterocycles. The van der Waals surface area contributed by atoms with Crippen molar-refractivity contribution >= 4 is 15.7 Å². The Morgan fingerprint density at radius 3 is 2.47 bits per heavy atom. The zero-order valence-corrected chi connectivity index (χ0v) is 17.5. The van der Waals surface area contributed by atoms with Gasteiger partial charge in [0.1, 0.15) is 0 Å². The van der Waals surface area contributed by atoms with E-state index in [2.05, 4.69) is 15.5 Å². The van der Waals surface area contributed by atoms with Crippen LogP contribution in [0.15, 0.2) is 57.9 Å². The van der Waals surface area contributed by atoms with Gasteiger partial charge in [-0.05, 0) is 30.3 Å². The summed E-state index contributed by atoms with van der Waals surface area (Å²) in [5.74, 6) is 0.348. The van der Waals surface area contributed by atoms with Gasteiger partial charge in [-0.2, -0.15) is 22.5 Å². The van der Waals surface area contributed by atoms with Crippen LogP contribution in [0.5, 0.6) is 0 Å². The molecule has 0 atom stereocenters. The molecule has 4 rings (SSSR count). The van der Waals surface area contributed by atoms with E-state index in [1.165, 1.54) is 28.6 Å². The quantitative estimate of drug-likeness (QED) is 0.592. The number of sulfonamides is 1. The minimum Gasteiger partial charge on any atom is -0.379 e. The van der Waals surface area contributed by atoms with E-state index in [4.69, 9.17) is 9.26 Å². The van der Waals surface area contributed by atoms with Crippen molar-refractivity contribution in [1.29, 1.82) is 0 Å². The van der Waals surface area contributed by atoms with E-state index in [1.807, 2.05) is 0 Å². The van der Waals surface area contributed by atoms with Crippen molar-refractivity contribution in [2.45, 2.75) is 17.6 Å². The van der Waals surface area contributed by atoms with Crippen molar-refractivity contribution in [3.05, 3.63) is 60.0 Å². The summed E-state index contributed by atoms with van der Waals surface area (Å²) >= 11 is 0. The Morgan fingerprint density at radius 2 is 1.78 bits per heavy atom. The maximum atomic E-state index is 12.8. The number of anilines is 1. The van der Waals surface area contributed by atoms with Crippen molar-refractivity contribution < 1.29 is 30.8 Å². The van der Waals surface area contributed by atoms with Crippen molar-refractivity contribution in [2.75, 3.05) is 31.6 Å². The first-order chi connectivity index (χ1) is 15.2. The average Bonchev–Trinajstić information content (AvgIpc) is 3.27. The summed E-state index contributed by atoms with van der Waals surface area (Å²) < 4.78 is 75.4. The molecule has 12 heteroatoms. The van der Waals surface area contributed by atoms with Crippen molar-refractivity contribution in [3.63, 3.8) is 0 Å². The SMILES string of the molecule is O=S(=O)(c1cccc(NCc2nc(-c3ccc(C(F)(F)F)cc3)no2)c1)N1CCOCC1. The van der Waals surface area contributed by atoms with Gasteiger partial charge in [-0.25, -0.2) is 8.42 Å². The first-order valence-corrected chi connectivity index (χ1v) is 11.1. The van der Waals surface area contributed by atoms with Crippen LogP contribution in [-0.2, 0) is 27.5 Å². The lowest BCUT2D eigenvalue weighted by atomic mass is 10.1. The summed E-state index contributed by atoms with van der Waals surface area (Å²) in [4.78, 5) is 4.32. The molecule has 2 aromatic carbocycles. The third-order valence-electron chi connectivity index (χ3n) is 4.82. The van der Waals surface area contributed by atoms with E-state index < -0.39 is 21.8 Å². The number of morpholine rings is 1. The number of hydrogen-bond donors (Lipinski definition) is 1. The van der Waals surface area contributed by atoms with Gasteiger partial charge in [0.15, 0.2) is 0 Å². The van der Waals surface area contributed by atoms with Gasteiger partial charge < -0.3 is 14.6 Å². The van der Waals surface area contributed by atoms with E-state index in [0.717, 1.165) is 12.1 Å². The molecule has 0 aliphatic carbocycles. The Kier molecular flexibility index (Phi) is 6.17. The van der Waals surface area contributed by atoms with Gasteiger partial charge in [0.05, 0.1) is 30.2 Å². The largest absolute Gasteiger partial charge is 0.416 e. The second-order valence-electron chi connectivity index (χ2n) is 6.98. The van der Waals surface area contributed by atoms with Crippen LogP contribution < -0.4 is 5.32 Å². The zero-order chi connectivity index (χ0) is 22.8. The highest BCUT2D eigenvalue weighted by molar-refractivity contribution is 7.89. The second kappa shape index (κ2) is 8.88. The van der Waals surface area contributed by atoms with E-state index >= 15 is 0 Å². The number of ether oxygens (including phenoxy) is 1. The lowest BCUT2D eigenvalue weighted by Gasteiger charge is -2.26. The molecule has 0 radical (unpaired) electrons. The van der Waals surface area contributed by atoms with Crippen LogP contribution in [0, 0.1) is 0 Å². The number of benzene rings is 2. The summed E-state index contributed by atoms with van der Waals surface area (Å²) in [5, 5.41) is 6.80. The van der Waals surface area contributed by atoms with Gasteiger partial charge >= 0.3 is 6.18 Å². The topological polar surface area (TPSA) is 97.6 Å². The molecule has 0 amide bonds. The molecule has 0 unspecified atom stereocenters. The van der Waals surface area contributed by atoms with Gasteiger partial charge in [-0.1, -0.05) is 23.4 Å². The molecular weight excluding hydrogens is 449 g/mol. The highest BCUT2D eigenvalue weighted by atomic mass is 32.2. The number of alkyl halides is 3. The molecule has 1 fully saturated rings. The molecule has 0 saturated carbocycles. The smallest absolute Gasteiger partial charge is 0.379 e. The van der Waals surface area contributed by atoms with Crippen LogP contribution in [0.3, 0.4) is 0 Å². The normalized spacial score (nSPS) is 15.6. The van der Waals surface area contributed by atoms with Crippen LogP contribution in [0.2, 0.25) is 0 Å². The molecule has 170 valence electrons. The summed E-state index contributed by atoms with van der Waals surface area (Å²) in [5.41, 5.74) is 0.152. The van der Waals surface area contributed by atoms with Crippen LogP contribution in [0.4, 0.5) is 18.9 Å². The van der Waals surface area contributed by atoms with Crippen LogP contribution in [0.1, 0.15) is 11.5 Å². The molecule has 0 bridgehead atoms. The maximum absolute atomic E-state index is 12.8. The van der Waals surface area contributed by atoms with Crippen LogP contribution in [-0.4, -0.2) is 49.2 Å². The van der Waals surface area contributed by atoms with Gasteiger partial charge in [0, 0.05) is 24.3 Å². The Hall–Kier alpha value is -2.96. The summed E-state index contributed by atoms with van der Waals surface area (Å²) in [6.45, 7) is 1.42. The molecule has 3 aromatic rings. The standard InChI is InChI=1S/C20H19F3N4O4S/c21-20(22,23)15-6-4-14(5-7-15)19-25-18(31-26-19)13-24-16-2-1-3-17(12-16)32(28,29)27-8-10-30-11-9-27/h1-7,12,24H,8-11,13H2. The van der Waals surface area contributed by atoms with Crippen molar-refractivity contribution in [3.8, 4) is 11.4 Å². The molecule has 0 spiro atoms. The third kappa shape index (κ3) is 4.92. The number of aromatic nitrogens is 2. The lowest BCUT2D eigenvalue weighted by molar-refractivity contribution is -0.137. The van der Waals surface area contributed by atoms with Gasteiger partial charge in [-0.15, -0.1) is 0 Å². The molecular formula is C20H19F3N4O4S. The molecule has 32 heavy (non-hydrogen) atoms. The first-order valence-electron chi connectivity index (χ1n) is 9.65. The number of nitrogens with zero attached hydrogens (tertiary/aromatic N) is 3. The molecule has 1 aliphatic rings. The Morgan fingerprint density at radius 1 is 1.06 bits per heavy atom. The van der Waals surface area contributed by atoms with Gasteiger partial charge in [-0.3, -0.25) is 0 Å². The molecule has 1 aliphatic heterocycles. The van der Waals surface area contributed by atoms with E-state index in [0.29, 0.717) is 37.6 Å². The average molecular weight is 468 g/mol. The monoisotopic (exact) mass is 468 g/mol. The van der Waals surface area contributed by atoms with Gasteiger partial charge in [0.2, 0.25) is 21.7 Å². The second-order valence-corrected chi connectivity index (χ2v) is 8.92. The number of nitrogens with one attached hydrogen (secondary N) is 1. The molecule has 2 heterocycles. The Balaban J connectivity index is 1.43. The number of rotatable bonds is 6. The zero-order valence-electron chi connectivity index (χ0n) is 16.7. The summed E-state index contributed by atoms with van der Waals surface area (Å²) in [7, 11) is -3.63. The fourth-order valence-electron chi connectivity index (χ4n) is 3.13. The van der Waals surface area contributed by atoms with E-state index in [9.17, 15) is 21.6 Å². The Labute approximate surface area is 182 Å². The van der Waals surface area contributed by atoms with Gasteiger partial charge in [0.25, 0.3) is 0 Å². The van der Waals surface area contributed by atoms with E-state index in [1.54, 1.807) is 12.1 Å². The third-order valence-corrected chi connectivity index (χ3v) is 6.72. The maximum Gasteiger partial charge on any atom is 0.416 e. The van der Waals surface area contributed by atoms with Crippen LogP contribution in [0.25, 0.3) is 11.4 Å². The fourth-order valence-corrected chi connectivity index (χ4v) is 4.59. The van der Waals surface area contributed by atoms with E-state index in [-0.39, 0.29) is 23.2 Å². The molecule has 1 saturated heterocycles. The highest BCUT2D eigenvalue weighted by Crippen LogP contribution is 2.30. The summed E-state index contributed by atoms with van der Waals surface area (Å²) in [6.07, 6.45) is -4.42.